The molecule has 2 aliphatic heterocycles. The Hall–Kier alpha value is -2.74. The van der Waals surface area contributed by atoms with E-state index in [-0.39, 0.29) is 11.8 Å². The summed E-state index contributed by atoms with van der Waals surface area (Å²) in [5, 5.41) is 8.49. The van der Waals surface area contributed by atoms with Crippen LogP contribution in [0.2, 0.25) is 0 Å². The van der Waals surface area contributed by atoms with Crippen LogP contribution in [-0.2, 0) is 29.0 Å². The van der Waals surface area contributed by atoms with Crippen LogP contribution in [0.5, 0.6) is 0 Å². The lowest BCUT2D eigenvalue weighted by Crippen LogP contribution is -2.41. The Bertz CT molecular complexity index is 872. The van der Waals surface area contributed by atoms with Crippen molar-refractivity contribution in [2.75, 3.05) is 32.8 Å². The van der Waals surface area contributed by atoms with E-state index in [9.17, 15) is 9.59 Å². The number of carbonyl (C=O) groups excluding carboxylic acids is 2. The smallest absolute Gasteiger partial charge is 0.254 e. The highest BCUT2D eigenvalue weighted by Gasteiger charge is 2.26. The third kappa shape index (κ3) is 3.91. The summed E-state index contributed by atoms with van der Waals surface area (Å²) in [6.45, 7) is 6.18. The van der Waals surface area contributed by atoms with Crippen LogP contribution < -0.4 is 0 Å². The van der Waals surface area contributed by atoms with E-state index in [1.165, 1.54) is 0 Å². The normalized spacial score (nSPS) is 16.8. The van der Waals surface area contributed by atoms with Crippen LogP contribution in [0.25, 0.3) is 0 Å². The molecule has 1 saturated heterocycles. The number of morpholine rings is 1. The summed E-state index contributed by atoms with van der Waals surface area (Å²) >= 11 is 0. The van der Waals surface area contributed by atoms with Crippen LogP contribution in [0.4, 0.5) is 0 Å². The van der Waals surface area contributed by atoms with Gasteiger partial charge in [-0.3, -0.25) is 9.59 Å². The Labute approximate surface area is 164 Å². The van der Waals surface area contributed by atoms with Crippen molar-refractivity contribution in [3.8, 4) is 0 Å². The number of ether oxygens (including phenoxy) is 1. The number of hydrogen-bond acceptors (Lipinski definition) is 5. The van der Waals surface area contributed by atoms with E-state index in [0.717, 1.165) is 17.0 Å². The molecular formula is C20H25N5O3. The van der Waals surface area contributed by atoms with Gasteiger partial charge in [-0.15, -0.1) is 5.10 Å². The van der Waals surface area contributed by atoms with E-state index in [0.29, 0.717) is 64.3 Å². The van der Waals surface area contributed by atoms with Crippen molar-refractivity contribution in [1.82, 2.24) is 24.8 Å². The van der Waals surface area contributed by atoms with Crippen molar-refractivity contribution in [3.05, 3.63) is 46.8 Å². The first kappa shape index (κ1) is 18.6. The quantitative estimate of drug-likeness (QED) is 0.788. The first-order valence-corrected chi connectivity index (χ1v) is 9.74. The molecule has 0 spiro atoms. The average Bonchev–Trinajstić information content (AvgIpc) is 3.14. The van der Waals surface area contributed by atoms with Gasteiger partial charge in [0.15, 0.2) is 0 Å². The first-order valence-electron chi connectivity index (χ1n) is 9.74. The van der Waals surface area contributed by atoms with Crippen molar-refractivity contribution >= 4 is 11.8 Å². The largest absolute Gasteiger partial charge is 0.378 e. The molecule has 2 aromatic rings. The second-order valence-electron chi connectivity index (χ2n) is 7.30. The molecule has 28 heavy (non-hydrogen) atoms. The average molecular weight is 383 g/mol. The lowest BCUT2D eigenvalue weighted by Gasteiger charge is -2.28. The summed E-state index contributed by atoms with van der Waals surface area (Å²) in [5.74, 6) is 0.139. The van der Waals surface area contributed by atoms with Crippen molar-refractivity contribution in [3.63, 3.8) is 0 Å². The van der Waals surface area contributed by atoms with Gasteiger partial charge in [-0.25, -0.2) is 4.68 Å². The summed E-state index contributed by atoms with van der Waals surface area (Å²) in [7, 11) is 0. The molecule has 0 aliphatic carbocycles. The number of aryl methyl sites for hydroxylation is 2. The van der Waals surface area contributed by atoms with E-state index in [2.05, 4.69) is 10.3 Å². The van der Waals surface area contributed by atoms with Gasteiger partial charge in [-0.2, -0.15) is 0 Å². The first-order chi connectivity index (χ1) is 13.6. The summed E-state index contributed by atoms with van der Waals surface area (Å²) in [5.41, 5.74) is 3.51. The predicted molar refractivity (Wildman–Crippen MR) is 102 cm³/mol. The van der Waals surface area contributed by atoms with E-state index >= 15 is 0 Å². The van der Waals surface area contributed by atoms with E-state index in [4.69, 9.17) is 4.74 Å². The number of rotatable bonds is 4. The van der Waals surface area contributed by atoms with Crippen molar-refractivity contribution in [2.24, 2.45) is 0 Å². The third-order valence-electron chi connectivity index (χ3n) is 5.33. The molecule has 1 aromatic heterocycles. The maximum absolute atomic E-state index is 12.9. The molecule has 148 valence electrons. The zero-order chi connectivity index (χ0) is 19.5. The fourth-order valence-electron chi connectivity index (χ4n) is 3.72. The molecule has 0 saturated carbocycles. The van der Waals surface area contributed by atoms with Gasteiger partial charge < -0.3 is 14.5 Å². The molecule has 0 N–H and O–H groups in total. The topological polar surface area (TPSA) is 80.6 Å². The fraction of sp³-hybridized carbons (Fsp3) is 0.500. The van der Waals surface area contributed by atoms with E-state index in [1.54, 1.807) is 0 Å². The molecule has 0 unspecified atom stereocenters. The van der Waals surface area contributed by atoms with Gasteiger partial charge in [0.2, 0.25) is 5.91 Å². The van der Waals surface area contributed by atoms with Crippen LogP contribution >= 0.6 is 0 Å². The molecule has 4 rings (SSSR count). The summed E-state index contributed by atoms with van der Waals surface area (Å²) in [6, 6.07) is 7.65. The Kier molecular flexibility index (Phi) is 5.38. The molecule has 1 fully saturated rings. The Morgan fingerprint density at radius 3 is 2.71 bits per heavy atom. The maximum atomic E-state index is 12.9. The summed E-state index contributed by atoms with van der Waals surface area (Å²) < 4.78 is 7.15. The van der Waals surface area contributed by atoms with E-state index in [1.807, 2.05) is 45.7 Å². The van der Waals surface area contributed by atoms with Gasteiger partial charge >= 0.3 is 0 Å². The standard InChI is InChI=1S/C20H25N5O3/c1-15-3-2-4-16(13-15)20(27)24-7-8-25-18(14-24)17(21-22-25)5-6-19(26)23-9-11-28-12-10-23/h2-4,13H,5-12,14H2,1H3. The lowest BCUT2D eigenvalue weighted by molar-refractivity contribution is -0.135. The molecule has 8 heteroatoms. The Morgan fingerprint density at radius 2 is 1.93 bits per heavy atom. The number of aromatic nitrogens is 3. The molecular weight excluding hydrogens is 358 g/mol. The highest BCUT2D eigenvalue weighted by Crippen LogP contribution is 2.19. The number of carbonyl (C=O) groups is 2. The highest BCUT2D eigenvalue weighted by molar-refractivity contribution is 5.94. The predicted octanol–water partition coefficient (Wildman–Crippen LogP) is 1.03. The summed E-state index contributed by atoms with van der Waals surface area (Å²) in [4.78, 5) is 28.9. The lowest BCUT2D eigenvalue weighted by atomic mass is 10.1. The molecule has 0 bridgehead atoms. The minimum Gasteiger partial charge on any atom is -0.378 e. The zero-order valence-corrected chi connectivity index (χ0v) is 16.1. The molecule has 0 atom stereocenters. The maximum Gasteiger partial charge on any atom is 0.254 e. The number of fused-ring (bicyclic) bond motifs is 1. The molecule has 1 aromatic carbocycles. The van der Waals surface area contributed by atoms with Crippen molar-refractivity contribution in [2.45, 2.75) is 32.9 Å². The molecule has 2 amide bonds. The van der Waals surface area contributed by atoms with Gasteiger partial charge in [-0.1, -0.05) is 22.9 Å². The fourth-order valence-corrected chi connectivity index (χ4v) is 3.72. The second kappa shape index (κ2) is 8.10. The van der Waals surface area contributed by atoms with Gasteiger partial charge in [0.1, 0.15) is 0 Å². The van der Waals surface area contributed by atoms with Crippen LogP contribution in [0.1, 0.15) is 33.7 Å². The third-order valence-corrected chi connectivity index (χ3v) is 5.33. The minimum atomic E-state index is 0.0199. The van der Waals surface area contributed by atoms with Gasteiger partial charge in [0.25, 0.3) is 5.91 Å². The monoisotopic (exact) mass is 383 g/mol. The minimum absolute atomic E-state index is 0.0199. The van der Waals surface area contributed by atoms with Crippen LogP contribution in [0, 0.1) is 6.92 Å². The highest BCUT2D eigenvalue weighted by atomic mass is 16.5. The molecule has 2 aliphatic rings. The number of benzene rings is 1. The van der Waals surface area contributed by atoms with Gasteiger partial charge in [0.05, 0.1) is 37.7 Å². The van der Waals surface area contributed by atoms with Gasteiger partial charge in [0, 0.05) is 38.0 Å². The Morgan fingerprint density at radius 1 is 1.11 bits per heavy atom. The number of nitrogens with zero attached hydrogens (tertiary/aromatic N) is 5. The van der Waals surface area contributed by atoms with Crippen molar-refractivity contribution < 1.29 is 14.3 Å². The number of hydrogen-bond donors (Lipinski definition) is 0. The summed E-state index contributed by atoms with van der Waals surface area (Å²) in [6.07, 6.45) is 0.940. The Balaban J connectivity index is 1.41. The number of amides is 2. The zero-order valence-electron chi connectivity index (χ0n) is 16.1. The van der Waals surface area contributed by atoms with E-state index < -0.39 is 0 Å². The SMILES string of the molecule is Cc1cccc(C(=O)N2CCn3nnc(CCC(=O)N4CCOCC4)c3C2)c1. The van der Waals surface area contributed by atoms with Crippen molar-refractivity contribution in [1.29, 1.82) is 0 Å². The molecule has 3 heterocycles. The second-order valence-corrected chi connectivity index (χ2v) is 7.30. The molecule has 8 nitrogen and oxygen atoms in total. The molecule has 0 radical (unpaired) electrons. The van der Waals surface area contributed by atoms with Crippen LogP contribution in [0.3, 0.4) is 0 Å². The van der Waals surface area contributed by atoms with Crippen LogP contribution in [0.15, 0.2) is 24.3 Å². The van der Waals surface area contributed by atoms with Crippen LogP contribution in [-0.4, -0.2) is 69.5 Å². The van der Waals surface area contributed by atoms with Gasteiger partial charge in [-0.05, 0) is 19.1 Å².